The zero-order valence-corrected chi connectivity index (χ0v) is 13.6. The third-order valence-corrected chi connectivity index (χ3v) is 3.56. The molecule has 0 amide bonds. The van der Waals surface area contributed by atoms with Gasteiger partial charge in [0.25, 0.3) is 5.69 Å². The smallest absolute Gasteiger partial charge is 0.336 e. The van der Waals surface area contributed by atoms with Gasteiger partial charge >= 0.3 is 5.97 Å². The molecule has 0 aliphatic heterocycles. The number of hydrogen-bond donors (Lipinski definition) is 1. The van der Waals surface area contributed by atoms with Crippen LogP contribution >= 0.6 is 34.8 Å². The van der Waals surface area contributed by atoms with Gasteiger partial charge in [0.15, 0.2) is 0 Å². The van der Waals surface area contributed by atoms with E-state index in [2.05, 4.69) is 0 Å². The highest BCUT2D eigenvalue weighted by molar-refractivity contribution is 6.35. The number of nitrogens with zero attached hydrogens (tertiary/aromatic N) is 1. The number of carboxylic acids is 1. The highest BCUT2D eigenvalue weighted by Gasteiger charge is 2.17. The average Bonchev–Trinajstić information content (AvgIpc) is 2.42. The van der Waals surface area contributed by atoms with Crippen molar-refractivity contribution >= 4 is 58.1 Å². The van der Waals surface area contributed by atoms with E-state index in [0.717, 1.165) is 6.08 Å². The highest BCUT2D eigenvalue weighted by Crippen LogP contribution is 2.30. The Balaban J connectivity index is 2.67. The zero-order valence-electron chi connectivity index (χ0n) is 11.3. The lowest BCUT2D eigenvalue weighted by Gasteiger charge is -2.06. The van der Waals surface area contributed by atoms with Gasteiger partial charge in [-0.2, -0.15) is 0 Å². The van der Waals surface area contributed by atoms with Crippen molar-refractivity contribution in [2.24, 2.45) is 0 Å². The van der Waals surface area contributed by atoms with E-state index in [-0.39, 0.29) is 37.5 Å². The van der Waals surface area contributed by atoms with E-state index in [1.165, 1.54) is 36.4 Å². The Labute approximate surface area is 145 Å². The molecule has 0 aliphatic carbocycles. The van der Waals surface area contributed by atoms with Gasteiger partial charge < -0.3 is 5.11 Å². The lowest BCUT2D eigenvalue weighted by Crippen LogP contribution is -2.01. The molecule has 2 rings (SSSR count). The largest absolute Gasteiger partial charge is 0.478 e. The van der Waals surface area contributed by atoms with Crippen LogP contribution in [0, 0.1) is 10.1 Å². The molecular weight excluding hydrogens is 365 g/mol. The van der Waals surface area contributed by atoms with E-state index in [1.54, 1.807) is 0 Å². The lowest BCUT2D eigenvalue weighted by molar-refractivity contribution is -0.385. The van der Waals surface area contributed by atoms with Crippen LogP contribution in [0.15, 0.2) is 36.4 Å². The zero-order chi connectivity index (χ0) is 17.1. The quantitative estimate of drug-likeness (QED) is 0.347. The molecule has 0 spiro atoms. The maximum atomic E-state index is 11.5. The molecule has 2 aromatic carbocycles. The molecule has 0 unspecified atom stereocenters. The summed E-state index contributed by atoms with van der Waals surface area (Å²) in [6.45, 7) is 0. The fraction of sp³-hybridized carbons (Fsp3) is 0. The van der Waals surface area contributed by atoms with Crippen LogP contribution in [-0.4, -0.2) is 16.0 Å². The second-order valence-electron chi connectivity index (χ2n) is 4.48. The monoisotopic (exact) mass is 371 g/mol. The van der Waals surface area contributed by atoms with Gasteiger partial charge in [-0.1, -0.05) is 34.8 Å². The third-order valence-electron chi connectivity index (χ3n) is 2.89. The van der Waals surface area contributed by atoms with Gasteiger partial charge in [-0.15, -0.1) is 0 Å². The maximum Gasteiger partial charge on any atom is 0.336 e. The van der Waals surface area contributed by atoms with Gasteiger partial charge in [0.05, 0.1) is 16.1 Å². The van der Waals surface area contributed by atoms with Gasteiger partial charge in [0.2, 0.25) is 0 Å². The topological polar surface area (TPSA) is 80.4 Å². The summed E-state index contributed by atoms with van der Waals surface area (Å²) in [5, 5.41) is 21.2. The van der Waals surface area contributed by atoms with Crippen molar-refractivity contribution in [3.63, 3.8) is 0 Å². The fourth-order valence-electron chi connectivity index (χ4n) is 1.94. The molecule has 1 N–H and O–H groups in total. The molecule has 8 heteroatoms. The van der Waals surface area contributed by atoms with Crippen LogP contribution in [0.3, 0.4) is 0 Å². The standard InChI is InChI=1S/C15H8Cl3NO4/c16-10-1-2-14(19(22)23)9(5-10)6-13(15(20)21)8-3-11(17)7-12(18)4-8/h1-7H,(H,20,21)/b13-6-. The van der Waals surface area contributed by atoms with Gasteiger partial charge in [0, 0.05) is 21.1 Å². The average molecular weight is 373 g/mol. The van der Waals surface area contributed by atoms with Gasteiger partial charge in [0.1, 0.15) is 0 Å². The van der Waals surface area contributed by atoms with Crippen molar-refractivity contribution in [3.05, 3.63) is 72.7 Å². The van der Waals surface area contributed by atoms with Crippen LogP contribution in [0.5, 0.6) is 0 Å². The van der Waals surface area contributed by atoms with Crippen LogP contribution in [0.4, 0.5) is 5.69 Å². The normalized spacial score (nSPS) is 11.3. The lowest BCUT2D eigenvalue weighted by atomic mass is 10.0. The van der Waals surface area contributed by atoms with Crippen molar-refractivity contribution in [1.29, 1.82) is 0 Å². The summed E-state index contributed by atoms with van der Waals surface area (Å²) in [4.78, 5) is 22.0. The minimum Gasteiger partial charge on any atom is -0.478 e. The van der Waals surface area contributed by atoms with Crippen LogP contribution in [0.25, 0.3) is 11.6 Å². The number of carbonyl (C=O) groups is 1. The predicted octanol–water partition coefficient (Wildman–Crippen LogP) is 5.18. The highest BCUT2D eigenvalue weighted by atomic mass is 35.5. The molecule has 118 valence electrons. The first kappa shape index (κ1) is 17.3. The molecule has 0 aromatic heterocycles. The Morgan fingerprint density at radius 2 is 1.65 bits per heavy atom. The molecule has 0 atom stereocenters. The number of nitro groups is 1. The summed E-state index contributed by atoms with van der Waals surface area (Å²) in [5.74, 6) is -1.28. The molecule has 0 saturated carbocycles. The van der Waals surface area contributed by atoms with E-state index in [9.17, 15) is 20.0 Å². The van der Waals surface area contributed by atoms with E-state index in [1.807, 2.05) is 0 Å². The Hall–Kier alpha value is -2.08. The van der Waals surface area contributed by atoms with Gasteiger partial charge in [-0.25, -0.2) is 4.79 Å². The van der Waals surface area contributed by atoms with Crippen LogP contribution in [-0.2, 0) is 4.79 Å². The second kappa shape index (κ2) is 7.00. The first-order valence-corrected chi connectivity index (χ1v) is 7.26. The van der Waals surface area contributed by atoms with Crippen LogP contribution < -0.4 is 0 Å². The number of carboxylic acid groups (broad SMARTS) is 1. The van der Waals surface area contributed by atoms with E-state index in [0.29, 0.717) is 0 Å². The number of hydrogen-bond acceptors (Lipinski definition) is 3. The summed E-state index contributed by atoms with van der Waals surface area (Å²) in [5.41, 5.74) is -0.165. The van der Waals surface area contributed by atoms with E-state index < -0.39 is 10.9 Å². The van der Waals surface area contributed by atoms with Crippen LogP contribution in [0.2, 0.25) is 15.1 Å². The number of halogens is 3. The van der Waals surface area contributed by atoms with Crippen molar-refractivity contribution in [1.82, 2.24) is 0 Å². The Morgan fingerprint density at radius 1 is 1.04 bits per heavy atom. The van der Waals surface area contributed by atoms with Crippen molar-refractivity contribution in [2.75, 3.05) is 0 Å². The third kappa shape index (κ3) is 4.22. The number of nitro benzene ring substituents is 1. The van der Waals surface area contributed by atoms with Crippen molar-refractivity contribution in [3.8, 4) is 0 Å². The fourth-order valence-corrected chi connectivity index (χ4v) is 2.65. The SMILES string of the molecule is O=C(O)/C(=C\c1cc(Cl)ccc1[N+](=O)[O-])c1cc(Cl)cc(Cl)c1. The van der Waals surface area contributed by atoms with E-state index in [4.69, 9.17) is 34.8 Å². The summed E-state index contributed by atoms with van der Waals surface area (Å²) in [6.07, 6.45) is 1.16. The molecule has 2 aromatic rings. The van der Waals surface area contributed by atoms with Gasteiger partial charge in [-0.05, 0) is 42.0 Å². The molecule has 0 fully saturated rings. The molecule has 0 aliphatic rings. The Kier molecular flexibility index (Phi) is 5.26. The molecule has 0 radical (unpaired) electrons. The predicted molar refractivity (Wildman–Crippen MR) is 90.1 cm³/mol. The van der Waals surface area contributed by atoms with Crippen LogP contribution in [0.1, 0.15) is 11.1 Å². The molecule has 0 heterocycles. The molecule has 23 heavy (non-hydrogen) atoms. The summed E-state index contributed by atoms with van der Waals surface area (Å²) >= 11 is 17.6. The summed E-state index contributed by atoms with van der Waals surface area (Å²) in [7, 11) is 0. The second-order valence-corrected chi connectivity index (χ2v) is 5.79. The summed E-state index contributed by atoms with van der Waals surface area (Å²) < 4.78 is 0. The summed E-state index contributed by atoms with van der Waals surface area (Å²) in [6, 6.07) is 8.14. The number of rotatable bonds is 4. The van der Waals surface area contributed by atoms with Gasteiger partial charge in [-0.3, -0.25) is 10.1 Å². The first-order chi connectivity index (χ1) is 10.8. The van der Waals surface area contributed by atoms with Crippen molar-refractivity contribution < 1.29 is 14.8 Å². The molecular formula is C15H8Cl3NO4. The maximum absolute atomic E-state index is 11.5. The minimum absolute atomic E-state index is 0.0657. The molecule has 0 bridgehead atoms. The molecule has 5 nitrogen and oxygen atoms in total. The van der Waals surface area contributed by atoms with E-state index >= 15 is 0 Å². The Bertz CT molecular complexity index is 813. The minimum atomic E-state index is -1.28. The Morgan fingerprint density at radius 3 is 2.17 bits per heavy atom. The number of aliphatic carboxylic acids is 1. The molecule has 0 saturated heterocycles. The number of benzene rings is 2. The van der Waals surface area contributed by atoms with Crippen molar-refractivity contribution in [2.45, 2.75) is 0 Å². The first-order valence-electron chi connectivity index (χ1n) is 6.13.